The monoisotopic (exact) mass is 403 g/mol. The molecule has 0 atom stereocenters. The first kappa shape index (κ1) is 17.6. The SMILES string of the molecule is COc1ccc(S(=O)(=O)N(C)c2ccc(Br)cc2F)cc1OC. The van der Waals surface area contributed by atoms with Gasteiger partial charge in [0.25, 0.3) is 10.0 Å². The van der Waals surface area contributed by atoms with Crippen molar-refractivity contribution >= 4 is 31.6 Å². The fourth-order valence-corrected chi connectivity index (χ4v) is 3.55. The van der Waals surface area contributed by atoms with E-state index < -0.39 is 15.8 Å². The number of halogens is 2. The number of benzene rings is 2. The molecule has 124 valence electrons. The van der Waals surface area contributed by atoms with Crippen molar-refractivity contribution in [1.82, 2.24) is 0 Å². The molecule has 0 radical (unpaired) electrons. The van der Waals surface area contributed by atoms with E-state index in [0.29, 0.717) is 10.2 Å². The molecule has 0 aliphatic heterocycles. The Morgan fingerprint density at radius 2 is 1.70 bits per heavy atom. The van der Waals surface area contributed by atoms with Gasteiger partial charge in [-0.25, -0.2) is 12.8 Å². The highest BCUT2D eigenvalue weighted by Crippen LogP contribution is 2.32. The minimum atomic E-state index is -3.94. The van der Waals surface area contributed by atoms with Gasteiger partial charge in [0, 0.05) is 17.6 Å². The van der Waals surface area contributed by atoms with Gasteiger partial charge < -0.3 is 9.47 Å². The molecule has 0 heterocycles. The summed E-state index contributed by atoms with van der Waals surface area (Å²) in [5.74, 6) is 0.0353. The van der Waals surface area contributed by atoms with Gasteiger partial charge in [0.1, 0.15) is 5.82 Å². The standard InChI is InChI=1S/C15H15BrFNO4S/c1-18(13-6-4-10(16)8-12(13)17)23(19,20)11-5-7-14(21-2)15(9-11)22-3/h4-9H,1-3H3. The first-order valence-corrected chi connectivity index (χ1v) is 8.70. The molecular formula is C15H15BrFNO4S. The molecule has 5 nitrogen and oxygen atoms in total. The molecule has 0 saturated carbocycles. The van der Waals surface area contributed by atoms with E-state index in [4.69, 9.17) is 9.47 Å². The summed E-state index contributed by atoms with van der Waals surface area (Å²) in [7, 11) is 0.210. The van der Waals surface area contributed by atoms with Crippen LogP contribution in [-0.2, 0) is 10.0 Å². The molecule has 0 aromatic heterocycles. The second-order valence-corrected chi connectivity index (χ2v) is 7.47. The van der Waals surface area contributed by atoms with Crippen molar-refractivity contribution in [2.45, 2.75) is 4.90 Å². The lowest BCUT2D eigenvalue weighted by Crippen LogP contribution is -2.27. The van der Waals surface area contributed by atoms with Crippen LogP contribution in [-0.4, -0.2) is 29.7 Å². The van der Waals surface area contributed by atoms with Gasteiger partial charge in [0.05, 0.1) is 24.8 Å². The summed E-state index contributed by atoms with van der Waals surface area (Å²) >= 11 is 3.14. The van der Waals surface area contributed by atoms with E-state index in [2.05, 4.69) is 15.9 Å². The highest BCUT2D eigenvalue weighted by Gasteiger charge is 2.25. The zero-order chi connectivity index (χ0) is 17.2. The minimum absolute atomic E-state index is 0.0278. The zero-order valence-corrected chi connectivity index (χ0v) is 15.1. The molecule has 0 saturated heterocycles. The van der Waals surface area contributed by atoms with Crippen LogP contribution in [0.4, 0.5) is 10.1 Å². The topological polar surface area (TPSA) is 55.8 Å². The van der Waals surface area contributed by atoms with Crippen LogP contribution in [0.1, 0.15) is 0 Å². The lowest BCUT2D eigenvalue weighted by atomic mass is 10.3. The smallest absolute Gasteiger partial charge is 0.264 e. The van der Waals surface area contributed by atoms with Gasteiger partial charge in [-0.05, 0) is 30.3 Å². The first-order chi connectivity index (χ1) is 10.8. The summed E-state index contributed by atoms with van der Waals surface area (Å²) in [4.78, 5) is -0.0278. The van der Waals surface area contributed by atoms with Crippen molar-refractivity contribution in [2.75, 3.05) is 25.6 Å². The predicted octanol–water partition coefficient (Wildman–Crippen LogP) is 3.43. The Kier molecular flexibility index (Phi) is 5.16. The molecule has 0 spiro atoms. The molecule has 0 unspecified atom stereocenters. The number of nitrogens with zero attached hydrogens (tertiary/aromatic N) is 1. The van der Waals surface area contributed by atoms with E-state index in [9.17, 15) is 12.8 Å². The van der Waals surface area contributed by atoms with Crippen LogP contribution < -0.4 is 13.8 Å². The highest BCUT2D eigenvalue weighted by molar-refractivity contribution is 9.10. The highest BCUT2D eigenvalue weighted by atomic mass is 79.9. The Balaban J connectivity index is 2.49. The molecule has 0 bridgehead atoms. The number of sulfonamides is 1. The maximum Gasteiger partial charge on any atom is 0.264 e. The van der Waals surface area contributed by atoms with E-state index in [1.54, 1.807) is 6.07 Å². The summed E-state index contributed by atoms with van der Waals surface area (Å²) in [6, 6.07) is 8.36. The fourth-order valence-electron chi connectivity index (χ4n) is 2.00. The van der Waals surface area contributed by atoms with Gasteiger partial charge >= 0.3 is 0 Å². The average molecular weight is 404 g/mol. The second kappa shape index (κ2) is 6.76. The Hall–Kier alpha value is -1.80. The Labute approximate surface area is 142 Å². The molecule has 0 aliphatic rings. The zero-order valence-electron chi connectivity index (χ0n) is 12.7. The van der Waals surface area contributed by atoms with Crippen LogP contribution in [0, 0.1) is 5.82 Å². The Morgan fingerprint density at radius 3 is 2.26 bits per heavy atom. The van der Waals surface area contributed by atoms with Crippen LogP contribution in [0.3, 0.4) is 0 Å². The van der Waals surface area contributed by atoms with Crippen molar-refractivity contribution in [3.8, 4) is 11.5 Å². The van der Waals surface area contributed by atoms with E-state index in [0.717, 1.165) is 4.31 Å². The van der Waals surface area contributed by atoms with Gasteiger partial charge in [-0.15, -0.1) is 0 Å². The minimum Gasteiger partial charge on any atom is -0.493 e. The van der Waals surface area contributed by atoms with E-state index in [-0.39, 0.29) is 16.3 Å². The first-order valence-electron chi connectivity index (χ1n) is 6.47. The number of rotatable bonds is 5. The van der Waals surface area contributed by atoms with Crippen molar-refractivity contribution in [3.63, 3.8) is 0 Å². The van der Waals surface area contributed by atoms with Gasteiger partial charge in [-0.3, -0.25) is 4.31 Å². The molecule has 8 heteroatoms. The van der Waals surface area contributed by atoms with Gasteiger partial charge in [0.2, 0.25) is 0 Å². The summed E-state index contributed by atoms with van der Waals surface area (Å²) in [5, 5.41) is 0. The van der Waals surface area contributed by atoms with Crippen LogP contribution in [0.5, 0.6) is 11.5 Å². The largest absolute Gasteiger partial charge is 0.493 e. The molecule has 0 fully saturated rings. The van der Waals surface area contributed by atoms with Crippen LogP contribution >= 0.6 is 15.9 Å². The number of hydrogen-bond donors (Lipinski definition) is 0. The maximum atomic E-state index is 14.0. The number of methoxy groups -OCH3 is 2. The van der Waals surface area contributed by atoms with Crippen LogP contribution in [0.15, 0.2) is 45.8 Å². The number of anilines is 1. The van der Waals surface area contributed by atoms with Gasteiger partial charge in [0.15, 0.2) is 11.5 Å². The molecule has 2 aromatic carbocycles. The summed E-state index contributed by atoms with van der Waals surface area (Å²) in [6.45, 7) is 0. The second-order valence-electron chi connectivity index (χ2n) is 4.59. The van der Waals surface area contributed by atoms with Gasteiger partial charge in [-0.2, -0.15) is 0 Å². The molecule has 0 N–H and O–H groups in total. The molecule has 2 aromatic rings. The molecular weight excluding hydrogens is 389 g/mol. The number of ether oxygens (including phenoxy) is 2. The predicted molar refractivity (Wildman–Crippen MR) is 89.2 cm³/mol. The molecule has 0 amide bonds. The fraction of sp³-hybridized carbons (Fsp3) is 0.200. The Bertz CT molecular complexity index is 826. The summed E-state index contributed by atoms with van der Waals surface area (Å²) in [5.41, 5.74) is -0.0528. The lowest BCUT2D eigenvalue weighted by Gasteiger charge is -2.21. The third-order valence-electron chi connectivity index (χ3n) is 3.26. The maximum absolute atomic E-state index is 14.0. The molecule has 0 aliphatic carbocycles. The molecule has 2 rings (SSSR count). The van der Waals surface area contributed by atoms with Crippen molar-refractivity contribution in [1.29, 1.82) is 0 Å². The quantitative estimate of drug-likeness (QED) is 0.767. The van der Waals surface area contributed by atoms with Crippen LogP contribution in [0.25, 0.3) is 0 Å². The van der Waals surface area contributed by atoms with Gasteiger partial charge in [-0.1, -0.05) is 15.9 Å². The van der Waals surface area contributed by atoms with E-state index in [1.165, 1.54) is 51.6 Å². The van der Waals surface area contributed by atoms with E-state index in [1.807, 2.05) is 0 Å². The van der Waals surface area contributed by atoms with Crippen molar-refractivity contribution < 1.29 is 22.3 Å². The lowest BCUT2D eigenvalue weighted by molar-refractivity contribution is 0.354. The van der Waals surface area contributed by atoms with Crippen molar-refractivity contribution in [3.05, 3.63) is 46.7 Å². The number of hydrogen-bond acceptors (Lipinski definition) is 4. The van der Waals surface area contributed by atoms with E-state index >= 15 is 0 Å². The molecule has 23 heavy (non-hydrogen) atoms. The van der Waals surface area contributed by atoms with Crippen molar-refractivity contribution in [2.24, 2.45) is 0 Å². The third kappa shape index (κ3) is 3.42. The summed E-state index contributed by atoms with van der Waals surface area (Å²) < 4.78 is 51.0. The summed E-state index contributed by atoms with van der Waals surface area (Å²) in [6.07, 6.45) is 0. The average Bonchev–Trinajstić information content (AvgIpc) is 2.53. The normalized spacial score (nSPS) is 11.2. The third-order valence-corrected chi connectivity index (χ3v) is 5.52. The van der Waals surface area contributed by atoms with Crippen LogP contribution in [0.2, 0.25) is 0 Å². The Morgan fingerprint density at radius 1 is 1.04 bits per heavy atom.